The number of benzene rings is 1. The number of primary sulfonamides is 1. The maximum absolute atomic E-state index is 12.2. The molecule has 144 valence electrons. The lowest BCUT2D eigenvalue weighted by Crippen LogP contribution is -2.46. The summed E-state index contributed by atoms with van der Waals surface area (Å²) in [6.45, 7) is 3.12. The van der Waals surface area contributed by atoms with Gasteiger partial charge in [-0.3, -0.25) is 9.69 Å². The summed E-state index contributed by atoms with van der Waals surface area (Å²) in [4.78, 5) is 14.6. The van der Waals surface area contributed by atoms with Crippen molar-refractivity contribution in [2.45, 2.75) is 43.4 Å². The minimum absolute atomic E-state index is 0.0698. The molecule has 0 aromatic heterocycles. The number of likely N-dealkylation sites (tertiary alicyclic amines) is 1. The smallest absolute Gasteiger partial charge is 0.238 e. The Kier molecular flexibility index (Phi) is 6.32. The molecule has 26 heavy (non-hydrogen) atoms. The number of piperidine rings is 1. The van der Waals surface area contributed by atoms with Gasteiger partial charge >= 0.3 is 0 Å². The van der Waals surface area contributed by atoms with Crippen LogP contribution in [0.3, 0.4) is 0 Å². The van der Waals surface area contributed by atoms with Crippen LogP contribution in [0.2, 0.25) is 0 Å². The highest BCUT2D eigenvalue weighted by atomic mass is 32.2. The number of rotatable bonds is 6. The summed E-state index contributed by atoms with van der Waals surface area (Å²) in [5.74, 6) is 1.73. The standard InChI is InChI=1S/C19H29N3O3S/c20-26(24,25)18-7-5-15(6-8-18)9-11-21-19(23)14-22-12-10-16-3-1-2-4-17(16)13-22/h5-8,16-17H,1-4,9-14H2,(H,21,23)(H2,20,24,25)/t16-,17+/m0/s1. The van der Waals surface area contributed by atoms with E-state index in [1.807, 2.05) is 0 Å². The van der Waals surface area contributed by atoms with Gasteiger partial charge in [-0.25, -0.2) is 13.6 Å². The van der Waals surface area contributed by atoms with Gasteiger partial charge in [0.1, 0.15) is 0 Å². The Bertz CT molecular complexity index is 718. The summed E-state index contributed by atoms with van der Waals surface area (Å²) in [5.41, 5.74) is 0.973. The van der Waals surface area contributed by atoms with Gasteiger partial charge in [-0.2, -0.15) is 0 Å². The number of carbonyl (C=O) groups is 1. The lowest BCUT2D eigenvalue weighted by Gasteiger charge is -2.41. The van der Waals surface area contributed by atoms with Gasteiger partial charge in [-0.05, 0) is 55.3 Å². The van der Waals surface area contributed by atoms with Crippen LogP contribution in [0.4, 0.5) is 0 Å². The van der Waals surface area contributed by atoms with Gasteiger partial charge in [0.2, 0.25) is 15.9 Å². The number of sulfonamides is 1. The lowest BCUT2D eigenvalue weighted by molar-refractivity contribution is -0.123. The topological polar surface area (TPSA) is 92.5 Å². The van der Waals surface area contributed by atoms with E-state index in [9.17, 15) is 13.2 Å². The van der Waals surface area contributed by atoms with Crippen molar-refractivity contribution >= 4 is 15.9 Å². The highest BCUT2D eigenvalue weighted by molar-refractivity contribution is 7.89. The van der Waals surface area contributed by atoms with Gasteiger partial charge in [-0.15, -0.1) is 0 Å². The summed E-state index contributed by atoms with van der Waals surface area (Å²) in [6.07, 6.45) is 7.30. The fourth-order valence-electron chi connectivity index (χ4n) is 4.27. The third-order valence-corrected chi connectivity index (χ3v) is 6.66. The Labute approximate surface area is 156 Å². The van der Waals surface area contributed by atoms with E-state index >= 15 is 0 Å². The zero-order valence-corrected chi connectivity index (χ0v) is 16.0. The van der Waals surface area contributed by atoms with E-state index in [1.54, 1.807) is 12.1 Å². The van der Waals surface area contributed by atoms with Crippen LogP contribution in [0.25, 0.3) is 0 Å². The molecule has 2 atom stereocenters. The quantitative estimate of drug-likeness (QED) is 0.783. The molecule has 1 aromatic rings. The van der Waals surface area contributed by atoms with Gasteiger partial charge < -0.3 is 5.32 Å². The molecule has 0 radical (unpaired) electrons. The van der Waals surface area contributed by atoms with Crippen LogP contribution in [0.15, 0.2) is 29.2 Å². The van der Waals surface area contributed by atoms with E-state index in [0.29, 0.717) is 19.5 Å². The molecule has 2 fully saturated rings. The fraction of sp³-hybridized carbons (Fsp3) is 0.632. The molecule has 3 rings (SSSR count). The molecule has 1 saturated carbocycles. The molecular weight excluding hydrogens is 350 g/mol. The first-order valence-electron chi connectivity index (χ1n) is 9.52. The minimum atomic E-state index is -3.65. The van der Waals surface area contributed by atoms with Crippen LogP contribution in [-0.4, -0.2) is 45.4 Å². The van der Waals surface area contributed by atoms with E-state index < -0.39 is 10.0 Å². The van der Waals surface area contributed by atoms with Crippen LogP contribution in [-0.2, 0) is 21.2 Å². The SMILES string of the molecule is NS(=O)(=O)c1ccc(CCNC(=O)CN2CC[C@@H]3CCCC[C@@H]3C2)cc1. The number of amides is 1. The van der Waals surface area contributed by atoms with Crippen molar-refractivity contribution in [3.63, 3.8) is 0 Å². The summed E-state index contributed by atoms with van der Waals surface area (Å²) in [7, 11) is -3.65. The molecule has 0 bridgehead atoms. The molecule has 1 amide bonds. The maximum Gasteiger partial charge on any atom is 0.238 e. The van der Waals surface area contributed by atoms with Crippen molar-refractivity contribution in [3.05, 3.63) is 29.8 Å². The number of fused-ring (bicyclic) bond motifs is 1. The third kappa shape index (κ3) is 5.28. The molecular formula is C19H29N3O3S. The van der Waals surface area contributed by atoms with E-state index in [4.69, 9.17) is 5.14 Å². The second kappa shape index (κ2) is 8.50. The normalized spacial score (nSPS) is 24.0. The van der Waals surface area contributed by atoms with Crippen LogP contribution in [0, 0.1) is 11.8 Å². The second-order valence-corrected chi connectivity index (χ2v) is 9.18. The predicted octanol–water partition coefficient (Wildman–Crippen LogP) is 1.50. The van der Waals surface area contributed by atoms with Gasteiger partial charge in [0.05, 0.1) is 11.4 Å². The van der Waals surface area contributed by atoms with Crippen molar-refractivity contribution < 1.29 is 13.2 Å². The Morgan fingerprint density at radius 2 is 1.81 bits per heavy atom. The Morgan fingerprint density at radius 3 is 2.50 bits per heavy atom. The summed E-state index contributed by atoms with van der Waals surface area (Å²) >= 11 is 0. The van der Waals surface area contributed by atoms with Crippen molar-refractivity contribution in [2.24, 2.45) is 17.0 Å². The zero-order chi connectivity index (χ0) is 18.6. The second-order valence-electron chi connectivity index (χ2n) is 7.62. The average Bonchev–Trinajstić information content (AvgIpc) is 2.61. The third-order valence-electron chi connectivity index (χ3n) is 5.73. The Hall–Kier alpha value is -1.44. The molecule has 2 aliphatic rings. The number of nitrogens with two attached hydrogens (primary N) is 1. The Balaban J connectivity index is 1.39. The number of nitrogens with zero attached hydrogens (tertiary/aromatic N) is 1. The zero-order valence-electron chi connectivity index (χ0n) is 15.2. The van der Waals surface area contributed by atoms with Crippen molar-refractivity contribution in [1.29, 1.82) is 0 Å². The molecule has 1 aliphatic carbocycles. The molecule has 0 unspecified atom stereocenters. The fourth-order valence-corrected chi connectivity index (χ4v) is 4.79. The lowest BCUT2D eigenvalue weighted by atomic mass is 9.75. The molecule has 1 aliphatic heterocycles. The van der Waals surface area contributed by atoms with Crippen molar-refractivity contribution in [2.75, 3.05) is 26.2 Å². The molecule has 3 N–H and O–H groups in total. The Morgan fingerprint density at radius 1 is 1.12 bits per heavy atom. The van der Waals surface area contributed by atoms with Crippen LogP contribution < -0.4 is 10.5 Å². The van der Waals surface area contributed by atoms with E-state index in [1.165, 1.54) is 44.2 Å². The monoisotopic (exact) mass is 379 g/mol. The summed E-state index contributed by atoms with van der Waals surface area (Å²) in [5, 5.41) is 8.06. The minimum Gasteiger partial charge on any atom is -0.355 e. The van der Waals surface area contributed by atoms with Crippen molar-refractivity contribution in [1.82, 2.24) is 10.2 Å². The van der Waals surface area contributed by atoms with Gasteiger partial charge in [0.25, 0.3) is 0 Å². The maximum atomic E-state index is 12.2. The summed E-state index contributed by atoms with van der Waals surface area (Å²) < 4.78 is 22.5. The number of hydrogen-bond donors (Lipinski definition) is 2. The largest absolute Gasteiger partial charge is 0.355 e. The van der Waals surface area contributed by atoms with Crippen LogP contribution >= 0.6 is 0 Å². The number of carbonyl (C=O) groups excluding carboxylic acids is 1. The first-order valence-corrected chi connectivity index (χ1v) is 11.1. The van der Waals surface area contributed by atoms with E-state index in [0.717, 1.165) is 30.5 Å². The van der Waals surface area contributed by atoms with Gasteiger partial charge in [0, 0.05) is 13.1 Å². The van der Waals surface area contributed by atoms with Gasteiger partial charge in [-0.1, -0.05) is 31.4 Å². The first kappa shape index (κ1) is 19.3. The van der Waals surface area contributed by atoms with Crippen molar-refractivity contribution in [3.8, 4) is 0 Å². The highest BCUT2D eigenvalue weighted by Crippen LogP contribution is 2.35. The van der Waals surface area contributed by atoms with E-state index in [-0.39, 0.29) is 10.8 Å². The number of hydrogen-bond acceptors (Lipinski definition) is 4. The molecule has 6 nitrogen and oxygen atoms in total. The molecule has 7 heteroatoms. The molecule has 1 saturated heterocycles. The van der Waals surface area contributed by atoms with E-state index in [2.05, 4.69) is 10.2 Å². The van der Waals surface area contributed by atoms with Crippen LogP contribution in [0.1, 0.15) is 37.7 Å². The predicted molar refractivity (Wildman–Crippen MR) is 101 cm³/mol. The molecule has 1 aromatic carbocycles. The highest BCUT2D eigenvalue weighted by Gasteiger charge is 2.31. The summed E-state index contributed by atoms with van der Waals surface area (Å²) in [6, 6.07) is 6.47. The molecule has 1 heterocycles. The number of nitrogens with one attached hydrogen (secondary N) is 1. The molecule has 0 spiro atoms. The average molecular weight is 380 g/mol. The van der Waals surface area contributed by atoms with Crippen LogP contribution in [0.5, 0.6) is 0 Å². The van der Waals surface area contributed by atoms with Gasteiger partial charge in [0.15, 0.2) is 0 Å². The first-order chi connectivity index (χ1) is 12.4.